The molecule has 3 heterocycles. The van der Waals surface area contributed by atoms with Gasteiger partial charge in [0.2, 0.25) is 0 Å². The first kappa shape index (κ1) is 58.8. The van der Waals surface area contributed by atoms with Gasteiger partial charge in [0.05, 0.1) is 68.7 Å². The molecule has 0 aliphatic rings. The van der Waals surface area contributed by atoms with Crippen LogP contribution in [0.15, 0.2) is 165 Å². The SMILES string of the molecule is COc1ccc(CCCOC(Cn2ccnc2)c2ccc(OC)cc2)cc1.Clc1ccc(COC(Cn2ccnc2)c2ccc(Cl)cc2Cl)cc1.NC(=O)c1nnn(Cc2cc(Cl)c(C(=O)c3ccc(Cl)cc3)c(Cl)c2)c1N. The van der Waals surface area contributed by atoms with E-state index in [9.17, 15) is 9.59 Å². The van der Waals surface area contributed by atoms with Gasteiger partial charge in [-0.1, -0.05) is 117 Å². The number of anilines is 1. The Morgan fingerprint density at radius 3 is 1.71 bits per heavy atom. The van der Waals surface area contributed by atoms with Crippen LogP contribution in [0.4, 0.5) is 5.82 Å². The standard InChI is InChI=1S/C22H26N2O3.C18H15Cl3N2O.C17H12Cl3N5O2/c1-25-20-9-5-18(6-10-20)4-3-15-27-22(16-24-14-13-23-17-24)19-7-11-21(26-2)12-8-19;19-14-3-1-13(2-4-14)11-24-18(10-23-8-7-22-12-23)16-6-5-15(20)9-17(16)21;18-10-3-1-9(2-4-10)15(26)13-11(19)5-8(6-12(13)20)7-25-16(21)14(17(22)27)23-24-25/h5-14,17,22H,3-4,15-16H2,1-2H3;1-9,12,18H,10-11H2;1-6H,7,21H2,(H2,22,27). The molecule has 21 heteroatoms. The molecule has 0 spiro atoms. The number of rotatable bonds is 21. The van der Waals surface area contributed by atoms with Gasteiger partial charge in [0, 0.05) is 62.6 Å². The monoisotopic (exact) mass is 1170 g/mol. The number of halogens is 6. The van der Waals surface area contributed by atoms with Crippen LogP contribution in [0.5, 0.6) is 11.5 Å². The van der Waals surface area contributed by atoms with Crippen LogP contribution in [0.25, 0.3) is 0 Å². The maximum Gasteiger partial charge on any atom is 0.273 e. The van der Waals surface area contributed by atoms with Crippen molar-refractivity contribution in [2.45, 2.75) is 51.3 Å². The second-order valence-electron chi connectivity index (χ2n) is 17.3. The summed E-state index contributed by atoms with van der Waals surface area (Å²) in [7, 11) is 3.36. The van der Waals surface area contributed by atoms with Crippen LogP contribution < -0.4 is 20.9 Å². The maximum absolute atomic E-state index is 12.7. The third-order valence-corrected chi connectivity index (χ3v) is 13.6. The van der Waals surface area contributed by atoms with Gasteiger partial charge in [-0.25, -0.2) is 14.6 Å². The Bertz CT molecular complexity index is 3310. The molecule has 3 aromatic heterocycles. The van der Waals surface area contributed by atoms with Crippen molar-refractivity contribution in [3.63, 3.8) is 0 Å². The molecule has 0 bridgehead atoms. The quantitative estimate of drug-likeness (QED) is 0.0514. The van der Waals surface area contributed by atoms with E-state index in [0.717, 1.165) is 47.6 Å². The predicted octanol–water partition coefficient (Wildman–Crippen LogP) is 13.3. The number of ketones is 1. The number of imidazole rings is 2. The van der Waals surface area contributed by atoms with E-state index >= 15 is 0 Å². The van der Waals surface area contributed by atoms with Crippen LogP contribution in [0.2, 0.25) is 30.1 Å². The molecular weight excluding hydrogens is 1120 g/mol. The highest BCUT2D eigenvalue weighted by Gasteiger charge is 2.21. The van der Waals surface area contributed by atoms with Gasteiger partial charge in [-0.2, -0.15) is 0 Å². The van der Waals surface area contributed by atoms with Crippen LogP contribution in [-0.4, -0.2) is 66.6 Å². The lowest BCUT2D eigenvalue weighted by molar-refractivity contribution is 0.0280. The van der Waals surface area contributed by atoms with E-state index in [1.54, 1.807) is 75.4 Å². The van der Waals surface area contributed by atoms with Crippen LogP contribution in [-0.2, 0) is 42.1 Å². The molecule has 15 nitrogen and oxygen atoms in total. The van der Waals surface area contributed by atoms with E-state index in [1.807, 2.05) is 88.5 Å². The van der Waals surface area contributed by atoms with Crippen molar-refractivity contribution in [1.29, 1.82) is 0 Å². The van der Waals surface area contributed by atoms with Crippen molar-refractivity contribution in [2.24, 2.45) is 5.73 Å². The molecule has 9 aromatic rings. The molecule has 0 aliphatic heterocycles. The molecule has 4 N–H and O–H groups in total. The molecule has 0 radical (unpaired) electrons. The topological polar surface area (TPSA) is 189 Å². The second-order valence-corrected chi connectivity index (χ2v) is 19.8. The number of benzene rings is 6. The molecule has 0 saturated carbocycles. The van der Waals surface area contributed by atoms with E-state index in [1.165, 1.54) is 10.2 Å². The lowest BCUT2D eigenvalue weighted by Crippen LogP contribution is -2.15. The first-order valence-electron chi connectivity index (χ1n) is 24.1. The summed E-state index contributed by atoms with van der Waals surface area (Å²) in [6.45, 7) is 2.62. The number of amides is 1. The van der Waals surface area contributed by atoms with Crippen LogP contribution in [0.3, 0.4) is 0 Å². The zero-order chi connectivity index (χ0) is 55.6. The fraction of sp³-hybridized carbons (Fsp3) is 0.193. The summed E-state index contributed by atoms with van der Waals surface area (Å²) in [5.74, 6) is 0.647. The van der Waals surface area contributed by atoms with E-state index < -0.39 is 5.91 Å². The summed E-state index contributed by atoms with van der Waals surface area (Å²) >= 11 is 36.7. The Hall–Kier alpha value is -6.92. The van der Waals surface area contributed by atoms with Crippen LogP contribution in [0.1, 0.15) is 72.9 Å². The minimum atomic E-state index is -0.779. The first-order valence-corrected chi connectivity index (χ1v) is 26.3. The Labute approximate surface area is 481 Å². The molecule has 0 saturated heterocycles. The number of carbonyl (C=O) groups is 2. The molecule has 0 fully saturated rings. The molecule has 1 amide bonds. The molecule has 2 unspecified atom stereocenters. The number of hydrogen-bond acceptors (Lipinski definition) is 11. The summed E-state index contributed by atoms with van der Waals surface area (Å²) in [5, 5.41) is 10.2. The average Bonchev–Trinajstić information content (AvgIpc) is 4.24. The summed E-state index contributed by atoms with van der Waals surface area (Å²) in [6.07, 6.45) is 12.6. The van der Waals surface area contributed by atoms with Gasteiger partial charge in [0.25, 0.3) is 5.91 Å². The van der Waals surface area contributed by atoms with Crippen LogP contribution in [0, 0.1) is 0 Å². The minimum Gasteiger partial charge on any atom is -0.497 e. The number of carbonyl (C=O) groups excluding carboxylic acids is 2. The molecule has 9 rings (SSSR count). The van der Waals surface area contributed by atoms with Crippen LogP contribution >= 0.6 is 69.6 Å². The molecule has 78 heavy (non-hydrogen) atoms. The lowest BCUT2D eigenvalue weighted by atomic mass is 10.0. The third-order valence-electron chi connectivity index (χ3n) is 11.9. The number of primary amides is 1. The van der Waals surface area contributed by atoms with Gasteiger partial charge in [-0.05, 0) is 120 Å². The zero-order valence-electron chi connectivity index (χ0n) is 42.2. The van der Waals surface area contributed by atoms with Crippen molar-refractivity contribution in [3.05, 3.63) is 240 Å². The number of aromatic nitrogens is 7. The van der Waals surface area contributed by atoms with Gasteiger partial charge in [0.1, 0.15) is 23.7 Å². The average molecular weight is 1170 g/mol. The van der Waals surface area contributed by atoms with E-state index in [2.05, 4.69) is 44.5 Å². The van der Waals surface area contributed by atoms with Crippen molar-refractivity contribution in [3.8, 4) is 11.5 Å². The molecule has 0 aliphatic carbocycles. The smallest absolute Gasteiger partial charge is 0.273 e. The number of nitrogens with two attached hydrogens (primary N) is 2. The number of nitrogen functional groups attached to an aromatic ring is 1. The molecule has 2 atom stereocenters. The number of hydrogen-bond donors (Lipinski definition) is 2. The fourth-order valence-corrected chi connectivity index (χ4v) is 9.27. The number of nitrogens with zero attached hydrogens (tertiary/aromatic N) is 7. The highest BCUT2D eigenvalue weighted by Crippen LogP contribution is 2.32. The Kier molecular flexibility index (Phi) is 22.0. The van der Waals surface area contributed by atoms with E-state index in [-0.39, 0.29) is 51.7 Å². The van der Waals surface area contributed by atoms with Crippen molar-refractivity contribution in [1.82, 2.24) is 34.1 Å². The Morgan fingerprint density at radius 1 is 0.615 bits per heavy atom. The summed E-state index contributed by atoms with van der Waals surface area (Å²) in [6, 6.07) is 38.8. The normalized spacial score (nSPS) is 11.6. The summed E-state index contributed by atoms with van der Waals surface area (Å²) in [4.78, 5) is 32.1. The highest BCUT2D eigenvalue weighted by molar-refractivity contribution is 6.41. The first-order chi connectivity index (χ1) is 37.7. The van der Waals surface area contributed by atoms with Crippen molar-refractivity contribution < 1.29 is 28.5 Å². The molecular formula is C57H53Cl6N9O6. The number of methoxy groups -OCH3 is 2. The lowest BCUT2D eigenvalue weighted by Gasteiger charge is -2.20. The van der Waals surface area contributed by atoms with Gasteiger partial charge in [-0.3, -0.25) is 9.59 Å². The van der Waals surface area contributed by atoms with Gasteiger partial charge >= 0.3 is 0 Å². The van der Waals surface area contributed by atoms with Crippen molar-refractivity contribution in [2.75, 3.05) is 26.6 Å². The predicted molar refractivity (Wildman–Crippen MR) is 306 cm³/mol. The summed E-state index contributed by atoms with van der Waals surface area (Å²) in [5.41, 5.74) is 16.4. The largest absolute Gasteiger partial charge is 0.497 e. The number of aryl methyl sites for hydroxylation is 1. The highest BCUT2D eigenvalue weighted by atomic mass is 35.5. The molecule has 6 aromatic carbocycles. The maximum atomic E-state index is 12.7. The molecule has 404 valence electrons. The van der Waals surface area contributed by atoms with Gasteiger partial charge in [0.15, 0.2) is 17.3 Å². The third kappa shape index (κ3) is 17.0. The van der Waals surface area contributed by atoms with E-state index in [0.29, 0.717) is 51.0 Å². The van der Waals surface area contributed by atoms with Crippen molar-refractivity contribution >= 4 is 87.1 Å². The Balaban J connectivity index is 0.000000170. The van der Waals surface area contributed by atoms with E-state index in [4.69, 9.17) is 100 Å². The summed E-state index contributed by atoms with van der Waals surface area (Å²) < 4.78 is 28.1. The van der Waals surface area contributed by atoms with Gasteiger partial charge in [-0.15, -0.1) is 5.10 Å². The minimum absolute atomic E-state index is 0.0241. The Morgan fingerprint density at radius 2 is 1.17 bits per heavy atom. The second kappa shape index (κ2) is 29.2. The zero-order valence-corrected chi connectivity index (χ0v) is 46.7. The fourth-order valence-electron chi connectivity index (χ4n) is 7.79. The van der Waals surface area contributed by atoms with Gasteiger partial charge < -0.3 is 39.5 Å². The number of ether oxygens (including phenoxy) is 4.